The fraction of sp³-hybridized carbons (Fsp3) is 0. The summed E-state index contributed by atoms with van der Waals surface area (Å²) in [7, 11) is 0. The van der Waals surface area contributed by atoms with Crippen LogP contribution in [-0.4, -0.2) is 19.5 Å². The van der Waals surface area contributed by atoms with E-state index < -0.39 is 0 Å². The molecule has 0 aliphatic heterocycles. The van der Waals surface area contributed by atoms with E-state index >= 15 is 0 Å². The second-order valence-electron chi connectivity index (χ2n) is 9.32. The Labute approximate surface area is 222 Å². The maximum atomic E-state index is 5.22. The van der Waals surface area contributed by atoms with Crippen molar-refractivity contribution in [1.29, 1.82) is 0 Å². The average Bonchev–Trinajstić information content (AvgIpc) is 3.53. The molecule has 38 heavy (non-hydrogen) atoms. The van der Waals surface area contributed by atoms with Gasteiger partial charge in [-0.15, -0.1) is 11.3 Å². The van der Waals surface area contributed by atoms with E-state index in [1.165, 1.54) is 20.2 Å². The first-order valence-electron chi connectivity index (χ1n) is 12.5. The number of benzene rings is 3. The van der Waals surface area contributed by atoms with Crippen LogP contribution in [0.1, 0.15) is 0 Å². The molecule has 0 N–H and O–H groups in total. The number of hydrogen-bond acceptors (Lipinski definition) is 4. The highest BCUT2D eigenvalue weighted by atomic mass is 32.1. The lowest BCUT2D eigenvalue weighted by atomic mass is 10.1. The summed E-state index contributed by atoms with van der Waals surface area (Å²) in [5.41, 5.74) is 7.19. The third-order valence-corrected chi connectivity index (χ3v) is 8.25. The Morgan fingerprint density at radius 2 is 1.34 bits per heavy atom. The number of pyridine rings is 3. The summed E-state index contributed by atoms with van der Waals surface area (Å²) >= 11 is 1.83. The predicted octanol–water partition coefficient (Wildman–Crippen LogP) is 8.67. The van der Waals surface area contributed by atoms with Gasteiger partial charge < -0.3 is 0 Å². The zero-order valence-electron chi connectivity index (χ0n) is 20.2. The molecular formula is C33H20N4S. The third kappa shape index (κ3) is 3.19. The van der Waals surface area contributed by atoms with E-state index in [-0.39, 0.29) is 0 Å². The number of thiophene rings is 1. The van der Waals surface area contributed by atoms with Crippen molar-refractivity contribution in [2.45, 2.75) is 0 Å². The maximum Gasteiger partial charge on any atom is 0.138 e. The van der Waals surface area contributed by atoms with Crippen LogP contribution in [0.5, 0.6) is 0 Å². The zero-order chi connectivity index (χ0) is 25.1. The van der Waals surface area contributed by atoms with Crippen LogP contribution >= 0.6 is 11.3 Å². The van der Waals surface area contributed by atoms with Crippen molar-refractivity contribution in [1.82, 2.24) is 19.5 Å². The van der Waals surface area contributed by atoms with E-state index in [1.807, 2.05) is 35.6 Å². The number of fused-ring (bicyclic) bond motifs is 7. The van der Waals surface area contributed by atoms with Gasteiger partial charge in [-0.2, -0.15) is 0 Å². The highest BCUT2D eigenvalue weighted by Crippen LogP contribution is 2.42. The van der Waals surface area contributed by atoms with Crippen molar-refractivity contribution >= 4 is 53.4 Å². The van der Waals surface area contributed by atoms with Crippen LogP contribution < -0.4 is 0 Å². The molecule has 0 amide bonds. The molecule has 0 unspecified atom stereocenters. The quantitative estimate of drug-likeness (QED) is 0.242. The van der Waals surface area contributed by atoms with Crippen LogP contribution in [0.3, 0.4) is 0 Å². The molecule has 0 fully saturated rings. The summed E-state index contributed by atoms with van der Waals surface area (Å²) in [6, 6.07) is 38.0. The Balaban J connectivity index is 1.51. The molecule has 8 aromatic rings. The standard InChI is InChI=1S/C33H20N4S/c1-2-7-21(8-3-1)26-14-15-27-32(36-26)24-13-16-29-31(23-9-4-5-11-28(23)38-29)33(24)37(27)30-12-6-10-25(35-30)22-17-19-34-20-18-22/h1-20H. The molecule has 4 nitrogen and oxygen atoms in total. The second kappa shape index (κ2) is 8.33. The minimum atomic E-state index is 0.872. The summed E-state index contributed by atoms with van der Waals surface area (Å²) < 4.78 is 4.83. The van der Waals surface area contributed by atoms with Crippen molar-refractivity contribution in [3.63, 3.8) is 0 Å². The highest BCUT2D eigenvalue weighted by Gasteiger charge is 2.20. The normalized spacial score (nSPS) is 11.7. The number of hydrogen-bond donors (Lipinski definition) is 0. The summed E-state index contributed by atoms with van der Waals surface area (Å²) in [6.45, 7) is 0. The van der Waals surface area contributed by atoms with E-state index in [4.69, 9.17) is 9.97 Å². The molecule has 0 aliphatic rings. The Morgan fingerprint density at radius 1 is 0.553 bits per heavy atom. The molecular weight excluding hydrogens is 484 g/mol. The first-order valence-corrected chi connectivity index (χ1v) is 13.4. The Morgan fingerprint density at radius 3 is 2.24 bits per heavy atom. The van der Waals surface area contributed by atoms with Crippen molar-refractivity contribution in [2.24, 2.45) is 0 Å². The van der Waals surface area contributed by atoms with E-state index in [9.17, 15) is 0 Å². The summed E-state index contributed by atoms with van der Waals surface area (Å²) in [5, 5.41) is 3.64. The van der Waals surface area contributed by atoms with Gasteiger partial charge in [-0.25, -0.2) is 9.97 Å². The topological polar surface area (TPSA) is 43.6 Å². The van der Waals surface area contributed by atoms with Gasteiger partial charge in [0.15, 0.2) is 0 Å². The molecule has 0 radical (unpaired) electrons. The zero-order valence-corrected chi connectivity index (χ0v) is 21.1. The van der Waals surface area contributed by atoms with Gasteiger partial charge >= 0.3 is 0 Å². The number of rotatable bonds is 3. The molecule has 5 heterocycles. The van der Waals surface area contributed by atoms with E-state index in [1.54, 1.807) is 12.4 Å². The molecule has 8 rings (SSSR count). The smallest absolute Gasteiger partial charge is 0.138 e. The van der Waals surface area contributed by atoms with Gasteiger partial charge in [-0.3, -0.25) is 9.55 Å². The van der Waals surface area contributed by atoms with Crippen molar-refractivity contribution < 1.29 is 0 Å². The minimum Gasteiger partial charge on any atom is -0.291 e. The van der Waals surface area contributed by atoms with E-state index in [0.717, 1.165) is 50.3 Å². The molecule has 0 atom stereocenters. The first kappa shape index (κ1) is 21.2. The van der Waals surface area contributed by atoms with Gasteiger partial charge in [0.05, 0.1) is 27.9 Å². The van der Waals surface area contributed by atoms with Gasteiger partial charge in [-0.1, -0.05) is 54.6 Å². The van der Waals surface area contributed by atoms with Crippen molar-refractivity contribution in [3.05, 3.63) is 122 Å². The lowest BCUT2D eigenvalue weighted by Gasteiger charge is -2.10. The van der Waals surface area contributed by atoms with Crippen molar-refractivity contribution in [3.8, 4) is 28.3 Å². The molecule has 0 bridgehead atoms. The minimum absolute atomic E-state index is 0.872. The Hall–Kier alpha value is -4.87. The number of nitrogens with zero attached hydrogens (tertiary/aromatic N) is 4. The van der Waals surface area contributed by atoms with Crippen LogP contribution in [-0.2, 0) is 0 Å². The van der Waals surface area contributed by atoms with Crippen LogP contribution in [0.2, 0.25) is 0 Å². The van der Waals surface area contributed by atoms with Gasteiger partial charge in [0.1, 0.15) is 5.82 Å². The Kier molecular flexibility index (Phi) is 4.66. The molecule has 0 spiro atoms. The van der Waals surface area contributed by atoms with Crippen LogP contribution in [0.25, 0.3) is 70.4 Å². The molecule has 3 aromatic carbocycles. The fourth-order valence-electron chi connectivity index (χ4n) is 5.41. The van der Waals surface area contributed by atoms with Crippen LogP contribution in [0.4, 0.5) is 0 Å². The molecule has 0 aliphatic carbocycles. The molecule has 0 saturated heterocycles. The molecule has 0 saturated carbocycles. The lowest BCUT2D eigenvalue weighted by Crippen LogP contribution is -1.99. The van der Waals surface area contributed by atoms with E-state index in [0.29, 0.717) is 0 Å². The average molecular weight is 505 g/mol. The summed E-state index contributed by atoms with van der Waals surface area (Å²) in [6.07, 6.45) is 3.61. The predicted molar refractivity (Wildman–Crippen MR) is 158 cm³/mol. The first-order chi connectivity index (χ1) is 18.8. The monoisotopic (exact) mass is 504 g/mol. The lowest BCUT2D eigenvalue weighted by molar-refractivity contribution is 1.08. The summed E-state index contributed by atoms with van der Waals surface area (Å²) in [5.74, 6) is 0.872. The van der Waals surface area contributed by atoms with Crippen LogP contribution in [0.15, 0.2) is 122 Å². The van der Waals surface area contributed by atoms with Gasteiger partial charge in [0, 0.05) is 49.1 Å². The molecule has 5 heteroatoms. The van der Waals surface area contributed by atoms with Gasteiger partial charge in [0.25, 0.3) is 0 Å². The highest BCUT2D eigenvalue weighted by molar-refractivity contribution is 7.26. The maximum absolute atomic E-state index is 5.22. The van der Waals surface area contributed by atoms with Gasteiger partial charge in [-0.05, 0) is 54.6 Å². The molecule has 5 aromatic heterocycles. The van der Waals surface area contributed by atoms with Crippen molar-refractivity contribution in [2.75, 3.05) is 0 Å². The SMILES string of the molecule is c1ccc(-c2ccc3c(n2)c2ccc4sc5ccccc5c4c2n3-c2cccc(-c3ccncc3)n2)cc1. The number of aromatic nitrogens is 4. The summed E-state index contributed by atoms with van der Waals surface area (Å²) in [4.78, 5) is 14.5. The van der Waals surface area contributed by atoms with E-state index in [2.05, 4.69) is 94.5 Å². The second-order valence-corrected chi connectivity index (χ2v) is 10.4. The molecule has 178 valence electrons. The fourth-order valence-corrected chi connectivity index (χ4v) is 6.52. The van der Waals surface area contributed by atoms with Gasteiger partial charge in [0.2, 0.25) is 0 Å². The largest absolute Gasteiger partial charge is 0.291 e. The Bertz CT molecular complexity index is 2130. The third-order valence-electron chi connectivity index (χ3n) is 7.12. The van der Waals surface area contributed by atoms with Crippen LogP contribution in [0, 0.1) is 0 Å².